The highest BCUT2D eigenvalue weighted by atomic mass is 16.4. The van der Waals surface area contributed by atoms with Crippen LogP contribution in [0.2, 0.25) is 0 Å². The van der Waals surface area contributed by atoms with Crippen LogP contribution in [0, 0.1) is 0 Å². The van der Waals surface area contributed by atoms with Gasteiger partial charge >= 0.3 is 0 Å². The standard InChI is InChI=1S/C21H13N3O3/c25-20(19-11-14-3-1-2-4-17(14)26-19)23-15-7-5-13(6-8-15)21-24-16-12-22-10-9-18(16)27-21/h1-12H,(H,23,25). The van der Waals surface area contributed by atoms with Crippen LogP contribution in [0.15, 0.2) is 81.9 Å². The summed E-state index contributed by atoms with van der Waals surface area (Å²) in [6, 6.07) is 18.3. The Bertz CT molecular complexity index is 1200. The van der Waals surface area contributed by atoms with Gasteiger partial charge in [-0.3, -0.25) is 9.78 Å². The molecule has 0 radical (unpaired) electrons. The summed E-state index contributed by atoms with van der Waals surface area (Å²) in [5.41, 5.74) is 3.54. The summed E-state index contributed by atoms with van der Waals surface area (Å²) < 4.78 is 11.3. The lowest BCUT2D eigenvalue weighted by Gasteiger charge is -2.03. The lowest BCUT2D eigenvalue weighted by Crippen LogP contribution is -2.10. The minimum Gasteiger partial charge on any atom is -0.451 e. The second-order valence-electron chi connectivity index (χ2n) is 6.04. The molecule has 27 heavy (non-hydrogen) atoms. The molecule has 1 amide bonds. The zero-order chi connectivity index (χ0) is 18.2. The van der Waals surface area contributed by atoms with Gasteiger partial charge in [-0.05, 0) is 36.4 Å². The van der Waals surface area contributed by atoms with Crippen molar-refractivity contribution < 1.29 is 13.6 Å². The predicted octanol–water partition coefficient (Wildman–Crippen LogP) is 4.89. The fourth-order valence-corrected chi connectivity index (χ4v) is 2.89. The third kappa shape index (κ3) is 2.83. The van der Waals surface area contributed by atoms with Crippen LogP contribution in [-0.2, 0) is 0 Å². The molecule has 0 bridgehead atoms. The van der Waals surface area contributed by atoms with Gasteiger partial charge in [-0.1, -0.05) is 18.2 Å². The number of hydrogen-bond donors (Lipinski definition) is 1. The molecule has 3 heterocycles. The number of amides is 1. The first kappa shape index (κ1) is 15.3. The normalized spacial score (nSPS) is 11.1. The van der Waals surface area contributed by atoms with Gasteiger partial charge in [0.1, 0.15) is 11.1 Å². The average molecular weight is 355 g/mol. The summed E-state index contributed by atoms with van der Waals surface area (Å²) >= 11 is 0. The van der Waals surface area contributed by atoms with E-state index < -0.39 is 0 Å². The summed E-state index contributed by atoms with van der Waals surface area (Å²) in [6.07, 6.45) is 3.32. The van der Waals surface area contributed by atoms with Gasteiger partial charge in [0.15, 0.2) is 11.3 Å². The molecule has 3 aromatic heterocycles. The van der Waals surface area contributed by atoms with E-state index in [1.165, 1.54) is 0 Å². The van der Waals surface area contributed by atoms with Gasteiger partial charge in [0.05, 0.1) is 6.20 Å². The number of hydrogen-bond acceptors (Lipinski definition) is 5. The van der Waals surface area contributed by atoms with Crippen molar-refractivity contribution in [2.45, 2.75) is 0 Å². The van der Waals surface area contributed by atoms with Crippen LogP contribution < -0.4 is 5.32 Å². The molecule has 0 saturated carbocycles. The van der Waals surface area contributed by atoms with Gasteiger partial charge in [0.2, 0.25) is 5.89 Å². The molecule has 0 unspecified atom stereocenters. The van der Waals surface area contributed by atoms with E-state index in [0.717, 1.165) is 10.9 Å². The van der Waals surface area contributed by atoms with E-state index in [9.17, 15) is 4.79 Å². The van der Waals surface area contributed by atoms with Gasteiger partial charge in [-0.25, -0.2) is 4.98 Å². The molecular formula is C21H13N3O3. The number of furan rings is 1. The Morgan fingerprint density at radius 1 is 0.926 bits per heavy atom. The Kier molecular flexibility index (Phi) is 3.47. The number of para-hydroxylation sites is 1. The number of benzene rings is 2. The smallest absolute Gasteiger partial charge is 0.291 e. The Balaban J connectivity index is 1.37. The Labute approximate surface area is 153 Å². The molecule has 130 valence electrons. The van der Waals surface area contributed by atoms with E-state index in [4.69, 9.17) is 8.83 Å². The van der Waals surface area contributed by atoms with E-state index in [1.807, 2.05) is 36.4 Å². The molecular weight excluding hydrogens is 342 g/mol. The number of nitrogens with one attached hydrogen (secondary N) is 1. The summed E-state index contributed by atoms with van der Waals surface area (Å²) in [4.78, 5) is 20.9. The van der Waals surface area contributed by atoms with Crippen molar-refractivity contribution in [3.63, 3.8) is 0 Å². The number of aromatic nitrogens is 2. The highest BCUT2D eigenvalue weighted by molar-refractivity contribution is 6.04. The van der Waals surface area contributed by atoms with E-state index >= 15 is 0 Å². The molecule has 0 aliphatic rings. The lowest BCUT2D eigenvalue weighted by atomic mass is 10.2. The van der Waals surface area contributed by atoms with E-state index in [-0.39, 0.29) is 11.7 Å². The molecule has 5 aromatic rings. The van der Waals surface area contributed by atoms with Crippen LogP contribution in [0.4, 0.5) is 5.69 Å². The molecule has 2 aromatic carbocycles. The van der Waals surface area contributed by atoms with Crippen LogP contribution >= 0.6 is 0 Å². The highest BCUT2D eigenvalue weighted by Gasteiger charge is 2.13. The third-order valence-electron chi connectivity index (χ3n) is 4.23. The van der Waals surface area contributed by atoms with Gasteiger partial charge in [-0.2, -0.15) is 0 Å². The maximum atomic E-state index is 12.4. The summed E-state index contributed by atoms with van der Waals surface area (Å²) in [6.45, 7) is 0. The quantitative estimate of drug-likeness (QED) is 0.498. The molecule has 6 heteroatoms. The Hall–Kier alpha value is -3.93. The molecule has 1 N–H and O–H groups in total. The number of pyridine rings is 1. The van der Waals surface area contributed by atoms with Gasteiger partial charge in [0, 0.05) is 28.9 Å². The molecule has 0 aliphatic carbocycles. The first-order valence-corrected chi connectivity index (χ1v) is 8.37. The molecule has 0 fully saturated rings. The average Bonchev–Trinajstić information content (AvgIpc) is 3.32. The van der Waals surface area contributed by atoms with Crippen molar-refractivity contribution in [2.24, 2.45) is 0 Å². The maximum absolute atomic E-state index is 12.4. The van der Waals surface area contributed by atoms with Gasteiger partial charge < -0.3 is 14.2 Å². The number of anilines is 1. The molecule has 0 aliphatic heterocycles. The van der Waals surface area contributed by atoms with E-state index in [0.29, 0.717) is 28.3 Å². The van der Waals surface area contributed by atoms with E-state index in [2.05, 4.69) is 15.3 Å². The number of carbonyl (C=O) groups is 1. The first-order valence-electron chi connectivity index (χ1n) is 8.37. The second-order valence-corrected chi connectivity index (χ2v) is 6.04. The zero-order valence-corrected chi connectivity index (χ0v) is 14.0. The summed E-state index contributed by atoms with van der Waals surface area (Å²) in [5.74, 6) is 0.478. The molecule has 0 spiro atoms. The fraction of sp³-hybridized carbons (Fsp3) is 0. The van der Waals surface area contributed by atoms with Crippen molar-refractivity contribution >= 4 is 33.7 Å². The van der Waals surface area contributed by atoms with Crippen LogP contribution in [-0.4, -0.2) is 15.9 Å². The summed E-state index contributed by atoms with van der Waals surface area (Å²) in [7, 11) is 0. The third-order valence-corrected chi connectivity index (χ3v) is 4.23. The minimum atomic E-state index is -0.299. The number of oxazole rings is 1. The molecule has 0 atom stereocenters. The topological polar surface area (TPSA) is 81.2 Å². The largest absolute Gasteiger partial charge is 0.451 e. The van der Waals surface area contributed by atoms with Gasteiger partial charge in [-0.15, -0.1) is 0 Å². The SMILES string of the molecule is O=C(Nc1ccc(-c2nc3cnccc3o2)cc1)c1cc2ccccc2o1. The minimum absolute atomic E-state index is 0.270. The summed E-state index contributed by atoms with van der Waals surface area (Å²) in [5, 5.41) is 3.72. The molecule has 0 saturated heterocycles. The Morgan fingerprint density at radius 2 is 1.78 bits per heavy atom. The van der Waals surface area contributed by atoms with Crippen molar-refractivity contribution in [3.8, 4) is 11.5 Å². The molecule has 5 rings (SSSR count). The number of rotatable bonds is 3. The number of carbonyl (C=O) groups excluding carboxylic acids is 1. The van der Waals surface area contributed by atoms with Crippen LogP contribution in [0.3, 0.4) is 0 Å². The monoisotopic (exact) mass is 355 g/mol. The van der Waals surface area contributed by atoms with Crippen LogP contribution in [0.5, 0.6) is 0 Å². The van der Waals surface area contributed by atoms with Crippen LogP contribution in [0.1, 0.15) is 10.6 Å². The second kappa shape index (κ2) is 6.10. The Morgan fingerprint density at radius 3 is 2.59 bits per heavy atom. The van der Waals surface area contributed by atoms with Crippen molar-refractivity contribution in [1.82, 2.24) is 9.97 Å². The number of fused-ring (bicyclic) bond motifs is 2. The predicted molar refractivity (Wildman–Crippen MR) is 101 cm³/mol. The maximum Gasteiger partial charge on any atom is 0.291 e. The van der Waals surface area contributed by atoms with Gasteiger partial charge in [0.25, 0.3) is 5.91 Å². The van der Waals surface area contributed by atoms with Crippen molar-refractivity contribution in [3.05, 3.63) is 78.8 Å². The first-order chi connectivity index (χ1) is 13.3. The highest BCUT2D eigenvalue weighted by Crippen LogP contribution is 2.25. The fourth-order valence-electron chi connectivity index (χ4n) is 2.89. The lowest BCUT2D eigenvalue weighted by molar-refractivity contribution is 0.0998. The number of nitrogens with zero attached hydrogens (tertiary/aromatic N) is 2. The molecule has 6 nitrogen and oxygen atoms in total. The van der Waals surface area contributed by atoms with Crippen molar-refractivity contribution in [1.29, 1.82) is 0 Å². The van der Waals surface area contributed by atoms with Crippen LogP contribution in [0.25, 0.3) is 33.5 Å². The van der Waals surface area contributed by atoms with E-state index in [1.54, 1.807) is 36.7 Å². The van der Waals surface area contributed by atoms with Crippen molar-refractivity contribution in [2.75, 3.05) is 5.32 Å². The zero-order valence-electron chi connectivity index (χ0n) is 14.0.